The van der Waals surface area contributed by atoms with Gasteiger partial charge in [0.2, 0.25) is 0 Å². The summed E-state index contributed by atoms with van der Waals surface area (Å²) >= 11 is 1.73. The molecule has 0 saturated heterocycles. The number of fused-ring (bicyclic) bond motifs is 12. The highest BCUT2D eigenvalue weighted by Crippen LogP contribution is 2.64. The van der Waals surface area contributed by atoms with Crippen LogP contribution in [0, 0.1) is 0 Å². The second kappa shape index (κ2) is 14.1. The van der Waals surface area contributed by atoms with Crippen LogP contribution in [0.1, 0.15) is 48.6 Å². The number of anilines is 3. The maximum Gasteiger partial charge on any atom is 0.195 e. The summed E-state index contributed by atoms with van der Waals surface area (Å²) < 4.78 is 2.06. The fraction of sp³-hybridized carbons (Fsp3) is 0.0833. The van der Waals surface area contributed by atoms with E-state index in [1.807, 2.05) is 6.07 Å². The number of para-hydroxylation sites is 1. The third-order valence-corrected chi connectivity index (χ3v) is 14.5. The van der Waals surface area contributed by atoms with Crippen LogP contribution in [0.4, 0.5) is 17.1 Å². The van der Waals surface area contributed by atoms with Crippen molar-refractivity contribution in [2.75, 3.05) is 4.90 Å². The molecule has 1 aromatic heterocycles. The van der Waals surface area contributed by atoms with Crippen LogP contribution in [0.5, 0.6) is 0 Å². The van der Waals surface area contributed by atoms with E-state index in [4.69, 9.17) is 0 Å². The van der Waals surface area contributed by atoms with E-state index in [0.29, 0.717) is 0 Å². The first-order valence-electron chi connectivity index (χ1n) is 21.8. The van der Waals surface area contributed by atoms with Crippen LogP contribution in [0.2, 0.25) is 0 Å². The fourth-order valence-electron chi connectivity index (χ4n) is 10.4. The fourth-order valence-corrected chi connectivity index (χ4v) is 11.6. The van der Waals surface area contributed by atoms with Gasteiger partial charge in [-0.2, -0.15) is 0 Å². The van der Waals surface area contributed by atoms with E-state index in [-0.39, 0.29) is 10.8 Å². The summed E-state index contributed by atoms with van der Waals surface area (Å²) in [6.07, 6.45) is 0. The Morgan fingerprint density at radius 3 is 1.57 bits per heavy atom. The zero-order chi connectivity index (χ0) is 42.5. The molecule has 2 aliphatic carbocycles. The Balaban J connectivity index is 1.13. The van der Waals surface area contributed by atoms with E-state index in [9.17, 15) is 4.79 Å². The van der Waals surface area contributed by atoms with Crippen LogP contribution in [-0.2, 0) is 10.8 Å². The topological polar surface area (TPSA) is 20.3 Å². The van der Waals surface area contributed by atoms with Gasteiger partial charge in [-0.15, -0.1) is 11.3 Å². The van der Waals surface area contributed by atoms with Gasteiger partial charge in [-0.05, 0) is 144 Å². The Hall–Kier alpha value is -7.33. The minimum atomic E-state index is -0.645. The molecule has 0 saturated carbocycles. The van der Waals surface area contributed by atoms with Gasteiger partial charge in [0.15, 0.2) is 5.43 Å². The standard InChI is InChI=1S/C60H43NOS/c1-59(2,3)42-27-29-49-56(34-42)63-57-37-50-47-24-14-16-26-53(47)60(55(50)36-51(57)58(49)62)52-25-15-13-23-46(52)48-30-28-44(35-54(48)60)61(43-21-11-6-12-22-43)45-32-40(38-17-7-4-8-18-38)31-41(33-45)39-19-9-5-10-20-39/h4-37H,1-3H3. The quantitative estimate of drug-likeness (QED) is 0.161. The van der Waals surface area contributed by atoms with E-state index in [1.165, 1.54) is 61.2 Å². The van der Waals surface area contributed by atoms with Crippen LogP contribution >= 0.6 is 11.3 Å². The zero-order valence-corrected chi connectivity index (χ0v) is 36.2. The van der Waals surface area contributed by atoms with Crippen molar-refractivity contribution in [3.8, 4) is 44.5 Å². The first-order chi connectivity index (χ1) is 30.8. The second-order valence-corrected chi connectivity index (χ2v) is 19.1. The highest BCUT2D eigenvalue weighted by atomic mass is 32.1. The smallest absolute Gasteiger partial charge is 0.195 e. The maximum absolute atomic E-state index is 14.7. The molecule has 1 heterocycles. The van der Waals surface area contributed by atoms with Gasteiger partial charge < -0.3 is 4.90 Å². The maximum atomic E-state index is 14.7. The summed E-state index contributed by atoms with van der Waals surface area (Å²) in [4.78, 5) is 17.1. The third kappa shape index (κ3) is 5.73. The Kier molecular flexibility index (Phi) is 8.38. The highest BCUT2D eigenvalue weighted by molar-refractivity contribution is 7.24. The molecule has 2 aliphatic rings. The highest BCUT2D eigenvalue weighted by Gasteiger charge is 2.52. The molecule has 0 radical (unpaired) electrons. The zero-order valence-electron chi connectivity index (χ0n) is 35.4. The van der Waals surface area contributed by atoms with Crippen molar-refractivity contribution >= 4 is 48.6 Å². The molecule has 0 N–H and O–H groups in total. The van der Waals surface area contributed by atoms with Crippen molar-refractivity contribution in [1.82, 2.24) is 0 Å². The molecule has 1 spiro atoms. The van der Waals surface area contributed by atoms with Crippen LogP contribution < -0.4 is 10.3 Å². The van der Waals surface area contributed by atoms with Gasteiger partial charge in [0.05, 0.1) is 5.41 Å². The Bertz CT molecular complexity index is 3450. The Labute approximate surface area is 372 Å². The third-order valence-electron chi connectivity index (χ3n) is 13.4. The van der Waals surface area contributed by atoms with Crippen LogP contribution in [-0.4, -0.2) is 0 Å². The number of rotatable bonds is 5. The SMILES string of the molecule is CC(C)(C)c1ccc2c(=O)c3cc4c(cc3sc2c1)-c1ccccc1C41c2ccccc2-c2ccc(N(c3ccccc3)c3cc(-c4ccccc4)cc(-c4ccccc4)c3)cc21. The second-order valence-electron chi connectivity index (χ2n) is 18.0. The lowest BCUT2D eigenvalue weighted by atomic mass is 9.70. The van der Waals surface area contributed by atoms with Crippen LogP contribution in [0.3, 0.4) is 0 Å². The molecule has 0 bridgehead atoms. The predicted molar refractivity (Wildman–Crippen MR) is 266 cm³/mol. The summed E-state index contributed by atoms with van der Waals surface area (Å²) in [7, 11) is 0. The van der Waals surface area contributed by atoms with Crippen molar-refractivity contribution in [3.05, 3.63) is 244 Å². The first-order valence-corrected chi connectivity index (χ1v) is 22.6. The summed E-state index contributed by atoms with van der Waals surface area (Å²) in [5.41, 5.74) is 18.2. The largest absolute Gasteiger partial charge is 0.310 e. The van der Waals surface area contributed by atoms with E-state index >= 15 is 0 Å². The van der Waals surface area contributed by atoms with Crippen molar-refractivity contribution in [3.63, 3.8) is 0 Å². The minimum absolute atomic E-state index is 0.0186. The monoisotopic (exact) mass is 825 g/mol. The normalized spacial score (nSPS) is 14.7. The molecular weight excluding hydrogens is 783 g/mol. The van der Waals surface area contributed by atoms with Gasteiger partial charge in [-0.1, -0.05) is 160 Å². The van der Waals surface area contributed by atoms with E-state index in [2.05, 4.69) is 226 Å². The van der Waals surface area contributed by atoms with Gasteiger partial charge >= 0.3 is 0 Å². The molecule has 0 fully saturated rings. The average Bonchev–Trinajstić information content (AvgIpc) is 3.78. The van der Waals surface area contributed by atoms with E-state index in [0.717, 1.165) is 48.4 Å². The number of hydrogen-bond donors (Lipinski definition) is 0. The minimum Gasteiger partial charge on any atom is -0.310 e. The summed E-state index contributed by atoms with van der Waals surface area (Å²) in [5.74, 6) is 0. The molecule has 63 heavy (non-hydrogen) atoms. The molecule has 3 heteroatoms. The molecule has 0 aliphatic heterocycles. The summed E-state index contributed by atoms with van der Waals surface area (Å²) in [6.45, 7) is 6.69. The first kappa shape index (κ1) is 37.4. The summed E-state index contributed by atoms with van der Waals surface area (Å²) in [5, 5.41) is 1.56. The number of hydrogen-bond acceptors (Lipinski definition) is 3. The molecule has 2 nitrogen and oxygen atoms in total. The van der Waals surface area contributed by atoms with Gasteiger partial charge in [0.25, 0.3) is 0 Å². The molecule has 1 unspecified atom stereocenters. The Morgan fingerprint density at radius 1 is 0.397 bits per heavy atom. The van der Waals surface area contributed by atoms with Crippen molar-refractivity contribution in [2.24, 2.45) is 0 Å². The molecule has 300 valence electrons. The molecule has 9 aromatic carbocycles. The molecule has 12 rings (SSSR count). The number of nitrogens with zero attached hydrogens (tertiary/aromatic N) is 1. The lowest BCUT2D eigenvalue weighted by Crippen LogP contribution is -2.26. The summed E-state index contributed by atoms with van der Waals surface area (Å²) in [6, 6.07) is 74.9. The number of benzene rings is 9. The van der Waals surface area contributed by atoms with Crippen LogP contribution in [0.15, 0.2) is 211 Å². The van der Waals surface area contributed by atoms with Gasteiger partial charge in [-0.3, -0.25) is 4.79 Å². The van der Waals surface area contributed by atoms with Gasteiger partial charge in [0, 0.05) is 37.2 Å². The molecule has 1 atom stereocenters. The van der Waals surface area contributed by atoms with E-state index in [1.54, 1.807) is 11.3 Å². The molecule has 10 aromatic rings. The van der Waals surface area contributed by atoms with E-state index < -0.39 is 5.41 Å². The molecular formula is C60H43NOS. The lowest BCUT2D eigenvalue weighted by molar-refractivity contribution is 0.591. The van der Waals surface area contributed by atoms with Crippen molar-refractivity contribution in [2.45, 2.75) is 31.6 Å². The van der Waals surface area contributed by atoms with Crippen molar-refractivity contribution < 1.29 is 0 Å². The average molecular weight is 826 g/mol. The molecule has 0 amide bonds. The predicted octanol–water partition coefficient (Wildman–Crippen LogP) is 15.9. The van der Waals surface area contributed by atoms with Crippen LogP contribution in [0.25, 0.3) is 64.7 Å². The van der Waals surface area contributed by atoms with Gasteiger partial charge in [0.1, 0.15) is 0 Å². The van der Waals surface area contributed by atoms with Crippen molar-refractivity contribution in [1.29, 1.82) is 0 Å². The lowest BCUT2D eigenvalue weighted by Gasteiger charge is -2.32. The Morgan fingerprint density at radius 2 is 0.937 bits per heavy atom. The van der Waals surface area contributed by atoms with Gasteiger partial charge in [-0.25, -0.2) is 0 Å².